The molecule has 10 nitrogen and oxygen atoms in total. The second-order valence-electron chi connectivity index (χ2n) is 11.1. The van der Waals surface area contributed by atoms with Crippen LogP contribution in [0.1, 0.15) is 62.7 Å². The minimum absolute atomic E-state index is 0.0118. The normalized spacial score (nSPS) is 26.9. The first-order valence-electron chi connectivity index (χ1n) is 14.3. The highest BCUT2D eigenvalue weighted by atomic mass is 16.7. The molecular formula is C31H40N2O8. The van der Waals surface area contributed by atoms with E-state index in [0.29, 0.717) is 18.9 Å². The maximum Gasteiger partial charge on any atom is 0.303 e. The zero-order chi connectivity index (χ0) is 29.0. The van der Waals surface area contributed by atoms with Crippen molar-refractivity contribution in [3.63, 3.8) is 0 Å². The van der Waals surface area contributed by atoms with Crippen molar-refractivity contribution >= 4 is 17.6 Å². The summed E-state index contributed by atoms with van der Waals surface area (Å²) >= 11 is 0. The molecule has 2 N–H and O–H groups in total. The summed E-state index contributed by atoms with van der Waals surface area (Å²) in [5.74, 6) is -1.27. The predicted molar refractivity (Wildman–Crippen MR) is 150 cm³/mol. The van der Waals surface area contributed by atoms with Crippen LogP contribution < -0.4 is 5.32 Å². The van der Waals surface area contributed by atoms with Crippen molar-refractivity contribution in [3.05, 3.63) is 65.2 Å². The Morgan fingerprint density at radius 2 is 1.66 bits per heavy atom. The monoisotopic (exact) mass is 568 g/mol. The summed E-state index contributed by atoms with van der Waals surface area (Å²) < 4.78 is 29.9. The van der Waals surface area contributed by atoms with Gasteiger partial charge in [0.2, 0.25) is 0 Å². The van der Waals surface area contributed by atoms with Gasteiger partial charge in [0, 0.05) is 56.6 Å². The zero-order valence-corrected chi connectivity index (χ0v) is 23.9. The highest BCUT2D eigenvalue weighted by Gasteiger charge is 2.43. The van der Waals surface area contributed by atoms with E-state index in [1.807, 2.05) is 36.4 Å². The number of nitrogens with zero attached hydrogens (tertiary/aromatic N) is 1. The van der Waals surface area contributed by atoms with Gasteiger partial charge in [0.1, 0.15) is 0 Å². The molecule has 1 spiro atoms. The minimum Gasteiger partial charge on any atom is -0.453 e. The molecule has 0 aliphatic carbocycles. The van der Waals surface area contributed by atoms with E-state index in [1.54, 1.807) is 12.1 Å². The lowest BCUT2D eigenvalue weighted by Gasteiger charge is -2.44. The quantitative estimate of drug-likeness (QED) is 0.460. The molecule has 0 saturated carbocycles. The number of hydrogen-bond acceptors (Lipinski definition) is 9. The SMILES string of the molecule is CC(=O)OC(C)C(=O)Nc1ccc(C2OC(CN3CCC4(CC3)OCCO4)C(C)C(c3ccc(CO)cc3)O2)cc1. The second kappa shape index (κ2) is 13.0. The summed E-state index contributed by atoms with van der Waals surface area (Å²) in [6.07, 6.45) is -0.144. The van der Waals surface area contributed by atoms with Gasteiger partial charge in [0.25, 0.3) is 5.91 Å². The van der Waals surface area contributed by atoms with Crippen molar-refractivity contribution in [2.24, 2.45) is 5.92 Å². The fraction of sp³-hybridized carbons (Fsp3) is 0.548. The van der Waals surface area contributed by atoms with Crippen molar-refractivity contribution in [2.75, 3.05) is 38.2 Å². The van der Waals surface area contributed by atoms with Crippen molar-refractivity contribution < 1.29 is 38.4 Å². The van der Waals surface area contributed by atoms with Crippen LogP contribution in [0, 0.1) is 5.92 Å². The number of ether oxygens (including phenoxy) is 5. The van der Waals surface area contributed by atoms with E-state index in [9.17, 15) is 14.7 Å². The largest absolute Gasteiger partial charge is 0.453 e. The highest BCUT2D eigenvalue weighted by Crippen LogP contribution is 2.42. The number of aliphatic hydroxyl groups excluding tert-OH is 1. The van der Waals surface area contributed by atoms with Crippen LogP contribution in [0.4, 0.5) is 5.69 Å². The average molecular weight is 569 g/mol. The molecule has 0 aromatic heterocycles. The number of rotatable bonds is 8. The number of carbonyl (C=O) groups excluding carboxylic acids is 2. The Morgan fingerprint density at radius 1 is 1.02 bits per heavy atom. The van der Waals surface area contributed by atoms with Crippen molar-refractivity contribution in [3.8, 4) is 0 Å². The van der Waals surface area contributed by atoms with E-state index in [4.69, 9.17) is 23.7 Å². The molecule has 5 atom stereocenters. The lowest BCUT2D eigenvalue weighted by molar-refractivity contribution is -0.278. The molecular weight excluding hydrogens is 528 g/mol. The van der Waals surface area contributed by atoms with E-state index >= 15 is 0 Å². The van der Waals surface area contributed by atoms with Gasteiger partial charge in [-0.25, -0.2) is 0 Å². The molecule has 222 valence electrons. The third-order valence-corrected chi connectivity index (χ3v) is 8.16. The number of amides is 1. The third-order valence-electron chi connectivity index (χ3n) is 8.16. The minimum atomic E-state index is -0.895. The fourth-order valence-corrected chi connectivity index (χ4v) is 5.71. The summed E-state index contributed by atoms with van der Waals surface area (Å²) in [6, 6.07) is 15.2. The smallest absolute Gasteiger partial charge is 0.303 e. The lowest BCUT2D eigenvalue weighted by Crippen LogP contribution is -2.50. The first-order valence-corrected chi connectivity index (χ1v) is 14.3. The molecule has 0 radical (unpaired) electrons. The van der Waals surface area contributed by atoms with Gasteiger partial charge in [-0.1, -0.05) is 43.3 Å². The van der Waals surface area contributed by atoms with Gasteiger partial charge in [-0.2, -0.15) is 0 Å². The average Bonchev–Trinajstić information content (AvgIpc) is 3.43. The molecule has 3 heterocycles. The van der Waals surface area contributed by atoms with Crippen LogP contribution in [0.15, 0.2) is 48.5 Å². The van der Waals surface area contributed by atoms with E-state index in [0.717, 1.165) is 49.2 Å². The number of piperidine rings is 1. The first kappa shape index (κ1) is 29.6. The summed E-state index contributed by atoms with van der Waals surface area (Å²) in [4.78, 5) is 25.9. The molecule has 2 aromatic rings. The lowest BCUT2D eigenvalue weighted by atomic mass is 9.89. The number of carbonyl (C=O) groups is 2. The van der Waals surface area contributed by atoms with E-state index < -0.39 is 30.1 Å². The Hall–Kier alpha value is -2.86. The summed E-state index contributed by atoms with van der Waals surface area (Å²) in [5.41, 5.74) is 3.28. The topological polar surface area (TPSA) is 116 Å². The molecule has 2 aromatic carbocycles. The highest BCUT2D eigenvalue weighted by molar-refractivity contribution is 5.94. The van der Waals surface area contributed by atoms with Gasteiger partial charge in [-0.05, 0) is 30.2 Å². The van der Waals surface area contributed by atoms with Crippen LogP contribution in [-0.4, -0.2) is 72.7 Å². The molecule has 3 fully saturated rings. The van der Waals surface area contributed by atoms with Gasteiger partial charge in [0.15, 0.2) is 18.2 Å². The number of hydrogen-bond donors (Lipinski definition) is 2. The maximum atomic E-state index is 12.4. The van der Waals surface area contributed by atoms with Crippen molar-refractivity contribution in [2.45, 2.75) is 70.6 Å². The van der Waals surface area contributed by atoms with Gasteiger partial charge in [-0.15, -0.1) is 0 Å². The maximum absolute atomic E-state index is 12.4. The summed E-state index contributed by atoms with van der Waals surface area (Å²) in [7, 11) is 0. The van der Waals surface area contributed by atoms with Crippen LogP contribution in [0.5, 0.6) is 0 Å². The number of likely N-dealkylation sites (tertiary alicyclic amines) is 1. The van der Waals surface area contributed by atoms with Crippen LogP contribution in [0.3, 0.4) is 0 Å². The zero-order valence-electron chi connectivity index (χ0n) is 23.9. The molecule has 3 aliphatic heterocycles. The Labute approximate surface area is 240 Å². The first-order chi connectivity index (χ1) is 19.7. The van der Waals surface area contributed by atoms with E-state index in [-0.39, 0.29) is 24.7 Å². The molecule has 0 bridgehead atoms. The molecule has 3 aliphatic rings. The number of esters is 1. The van der Waals surface area contributed by atoms with Crippen LogP contribution in [0.2, 0.25) is 0 Å². The fourth-order valence-electron chi connectivity index (χ4n) is 5.71. The number of benzene rings is 2. The number of nitrogens with one attached hydrogen (secondary N) is 1. The predicted octanol–water partition coefficient (Wildman–Crippen LogP) is 3.70. The number of aliphatic hydroxyl groups is 1. The van der Waals surface area contributed by atoms with Gasteiger partial charge < -0.3 is 39.0 Å². The second-order valence-corrected chi connectivity index (χ2v) is 11.1. The molecule has 10 heteroatoms. The third kappa shape index (κ3) is 7.14. The Kier molecular flexibility index (Phi) is 9.38. The molecule has 3 saturated heterocycles. The molecule has 5 rings (SSSR count). The molecule has 5 unspecified atom stereocenters. The van der Waals surface area contributed by atoms with Crippen molar-refractivity contribution in [1.82, 2.24) is 4.90 Å². The van der Waals surface area contributed by atoms with E-state index in [1.165, 1.54) is 13.8 Å². The van der Waals surface area contributed by atoms with Crippen molar-refractivity contribution in [1.29, 1.82) is 0 Å². The van der Waals surface area contributed by atoms with Gasteiger partial charge >= 0.3 is 5.97 Å². The van der Waals surface area contributed by atoms with Crippen LogP contribution in [0.25, 0.3) is 0 Å². The van der Waals surface area contributed by atoms with Crippen LogP contribution >= 0.6 is 0 Å². The molecule has 41 heavy (non-hydrogen) atoms. The van der Waals surface area contributed by atoms with Gasteiger partial charge in [0.05, 0.1) is 32.0 Å². The standard InChI is InChI=1S/C31H40N2O8/c1-20-27(18-33-14-12-31(13-15-33)37-16-17-38-31)40-30(41-28(20)24-6-4-23(19-34)5-7-24)25-8-10-26(11-9-25)32-29(36)21(2)39-22(3)35/h4-11,20-21,27-28,30,34H,12-19H2,1-3H3,(H,32,36). The Bertz CT molecular complexity index is 1170. The number of anilines is 1. The van der Waals surface area contributed by atoms with Gasteiger partial charge in [-0.3, -0.25) is 9.59 Å². The molecule has 1 amide bonds. The summed E-state index contributed by atoms with van der Waals surface area (Å²) in [5, 5.41) is 12.3. The Balaban J connectivity index is 1.30. The Morgan fingerprint density at radius 3 is 2.27 bits per heavy atom. The van der Waals surface area contributed by atoms with E-state index in [2.05, 4.69) is 17.1 Å². The van der Waals surface area contributed by atoms with Crippen LogP contribution in [-0.2, 0) is 39.9 Å². The summed E-state index contributed by atoms with van der Waals surface area (Å²) in [6.45, 7) is 8.75.